The number of hydrogen-bond donors (Lipinski definition) is 2. The molecule has 1 rings (SSSR count). The molecule has 1 aromatic carbocycles. The highest BCUT2D eigenvalue weighted by Gasteiger charge is 2.05. The van der Waals surface area contributed by atoms with Gasteiger partial charge < -0.3 is 10.4 Å². The summed E-state index contributed by atoms with van der Waals surface area (Å²) in [5.74, 6) is 0.913. The van der Waals surface area contributed by atoms with Gasteiger partial charge in [-0.05, 0) is 37.1 Å². The molecule has 0 saturated carbocycles. The molecule has 1 unspecified atom stereocenters. The van der Waals surface area contributed by atoms with Gasteiger partial charge in [0.25, 0.3) is 0 Å². The number of nitrogens with one attached hydrogen (secondary N) is 1. The van der Waals surface area contributed by atoms with Crippen LogP contribution in [0.3, 0.4) is 0 Å². The minimum Gasteiger partial charge on any atom is -0.508 e. The molecule has 0 heterocycles. The Morgan fingerprint density at radius 3 is 2.08 bits per heavy atom. The van der Waals surface area contributed by atoms with Crippen LogP contribution >= 0.6 is 0 Å². The fourth-order valence-corrected chi connectivity index (χ4v) is 0.987. The van der Waals surface area contributed by atoms with E-state index < -0.39 is 0 Å². The van der Waals surface area contributed by atoms with E-state index in [1.54, 1.807) is 12.1 Å². The number of rotatable bonds is 3. The lowest BCUT2D eigenvalue weighted by molar-refractivity contribution is 0.475. The van der Waals surface area contributed by atoms with Crippen LogP contribution in [0.2, 0.25) is 0 Å². The minimum absolute atomic E-state index is 0.308. The van der Waals surface area contributed by atoms with Crippen molar-refractivity contribution < 1.29 is 5.11 Å². The Morgan fingerprint density at radius 2 is 1.62 bits per heavy atom. The van der Waals surface area contributed by atoms with Gasteiger partial charge in [-0.15, -0.1) is 0 Å². The lowest BCUT2D eigenvalue weighted by Gasteiger charge is -2.18. The molecule has 0 spiro atoms. The number of anilines is 1. The normalized spacial score (nSPS) is 12.9. The summed E-state index contributed by atoms with van der Waals surface area (Å²) in [6, 6.07) is 7.59. The Kier molecular flexibility index (Phi) is 3.18. The van der Waals surface area contributed by atoms with Gasteiger partial charge in [0, 0.05) is 11.7 Å². The van der Waals surface area contributed by atoms with Gasteiger partial charge in [-0.2, -0.15) is 0 Å². The summed E-state index contributed by atoms with van der Waals surface area (Å²) >= 11 is 0. The van der Waals surface area contributed by atoms with Crippen molar-refractivity contribution >= 4 is 5.69 Å². The second-order valence-electron chi connectivity index (χ2n) is 3.72. The number of hydrogen-bond acceptors (Lipinski definition) is 2. The zero-order chi connectivity index (χ0) is 9.84. The first-order valence-electron chi connectivity index (χ1n) is 4.65. The van der Waals surface area contributed by atoms with Crippen LogP contribution in [0.4, 0.5) is 5.69 Å². The summed E-state index contributed by atoms with van der Waals surface area (Å²) in [4.78, 5) is 0. The highest BCUT2D eigenvalue weighted by Crippen LogP contribution is 2.16. The second-order valence-corrected chi connectivity index (χ2v) is 3.72. The third kappa shape index (κ3) is 2.98. The summed E-state index contributed by atoms with van der Waals surface area (Å²) in [6.07, 6.45) is 0. The molecule has 0 aromatic heterocycles. The van der Waals surface area contributed by atoms with Crippen LogP contribution in [-0.4, -0.2) is 11.1 Å². The van der Waals surface area contributed by atoms with E-state index in [9.17, 15) is 0 Å². The Labute approximate surface area is 79.6 Å². The molecule has 0 fully saturated rings. The van der Waals surface area contributed by atoms with E-state index in [-0.39, 0.29) is 0 Å². The minimum atomic E-state index is 0.308. The van der Waals surface area contributed by atoms with Gasteiger partial charge in [0.2, 0.25) is 0 Å². The number of phenols is 1. The molecular formula is C11H17NO. The summed E-state index contributed by atoms with van der Waals surface area (Å²) in [6.45, 7) is 6.51. The lowest BCUT2D eigenvalue weighted by Crippen LogP contribution is -2.21. The molecular weight excluding hydrogens is 162 g/mol. The molecule has 1 atom stereocenters. The molecule has 0 aliphatic rings. The van der Waals surface area contributed by atoms with Crippen molar-refractivity contribution in [3.8, 4) is 5.75 Å². The monoisotopic (exact) mass is 179 g/mol. The van der Waals surface area contributed by atoms with Gasteiger partial charge in [0.15, 0.2) is 0 Å². The number of aromatic hydroxyl groups is 1. The predicted molar refractivity (Wildman–Crippen MR) is 56.0 cm³/mol. The number of phenolic OH excluding ortho intramolecular Hbond substituents is 1. The van der Waals surface area contributed by atoms with Crippen molar-refractivity contribution in [3.63, 3.8) is 0 Å². The van der Waals surface area contributed by atoms with Crippen LogP contribution in [-0.2, 0) is 0 Å². The molecule has 1 aromatic rings. The molecule has 0 amide bonds. The van der Waals surface area contributed by atoms with Crippen LogP contribution in [0.25, 0.3) is 0 Å². The fourth-order valence-electron chi connectivity index (χ4n) is 0.987. The molecule has 13 heavy (non-hydrogen) atoms. The fraction of sp³-hybridized carbons (Fsp3) is 0.455. The van der Waals surface area contributed by atoms with E-state index >= 15 is 0 Å². The molecule has 0 aliphatic carbocycles. The Balaban J connectivity index is 2.59. The van der Waals surface area contributed by atoms with E-state index in [2.05, 4.69) is 26.1 Å². The molecule has 2 N–H and O–H groups in total. The first-order chi connectivity index (χ1) is 6.09. The van der Waals surface area contributed by atoms with Crippen molar-refractivity contribution in [2.24, 2.45) is 5.92 Å². The quantitative estimate of drug-likeness (QED) is 0.699. The topological polar surface area (TPSA) is 32.3 Å². The second kappa shape index (κ2) is 4.17. The molecule has 2 nitrogen and oxygen atoms in total. The van der Waals surface area contributed by atoms with Gasteiger partial charge in [-0.3, -0.25) is 0 Å². The van der Waals surface area contributed by atoms with Crippen LogP contribution in [0.5, 0.6) is 5.75 Å². The van der Waals surface area contributed by atoms with E-state index in [0.717, 1.165) is 5.69 Å². The van der Waals surface area contributed by atoms with Crippen molar-refractivity contribution in [2.45, 2.75) is 26.8 Å². The lowest BCUT2D eigenvalue weighted by atomic mass is 10.1. The zero-order valence-electron chi connectivity index (χ0n) is 8.41. The van der Waals surface area contributed by atoms with Crippen LogP contribution in [0, 0.1) is 5.92 Å². The average molecular weight is 179 g/mol. The van der Waals surface area contributed by atoms with Crippen LogP contribution < -0.4 is 5.32 Å². The van der Waals surface area contributed by atoms with Gasteiger partial charge >= 0.3 is 0 Å². The molecule has 0 saturated heterocycles. The molecule has 0 aliphatic heterocycles. The first kappa shape index (κ1) is 9.90. The van der Waals surface area contributed by atoms with Crippen molar-refractivity contribution in [1.29, 1.82) is 0 Å². The third-order valence-electron chi connectivity index (χ3n) is 2.26. The Hall–Kier alpha value is -1.18. The maximum Gasteiger partial charge on any atom is 0.115 e. The summed E-state index contributed by atoms with van der Waals surface area (Å²) < 4.78 is 0. The molecule has 72 valence electrons. The summed E-state index contributed by atoms with van der Waals surface area (Å²) in [5.41, 5.74) is 1.05. The van der Waals surface area contributed by atoms with E-state index in [1.165, 1.54) is 0 Å². The largest absolute Gasteiger partial charge is 0.508 e. The Bertz CT molecular complexity index is 253. The average Bonchev–Trinajstić information content (AvgIpc) is 2.08. The van der Waals surface area contributed by atoms with Gasteiger partial charge in [-0.1, -0.05) is 13.8 Å². The third-order valence-corrected chi connectivity index (χ3v) is 2.26. The van der Waals surface area contributed by atoms with E-state index in [0.29, 0.717) is 17.7 Å². The molecule has 0 radical (unpaired) electrons. The molecule has 2 heteroatoms. The highest BCUT2D eigenvalue weighted by atomic mass is 16.3. The molecule has 0 bridgehead atoms. The maximum absolute atomic E-state index is 9.07. The zero-order valence-corrected chi connectivity index (χ0v) is 8.41. The van der Waals surface area contributed by atoms with Gasteiger partial charge in [0.1, 0.15) is 5.75 Å². The maximum atomic E-state index is 9.07. The Morgan fingerprint density at radius 1 is 1.08 bits per heavy atom. The van der Waals surface area contributed by atoms with Crippen molar-refractivity contribution in [3.05, 3.63) is 24.3 Å². The first-order valence-corrected chi connectivity index (χ1v) is 4.65. The van der Waals surface area contributed by atoms with Gasteiger partial charge in [-0.25, -0.2) is 0 Å². The standard InChI is InChI=1S/C11H17NO/c1-8(2)9(3)12-10-4-6-11(13)7-5-10/h4-9,12-13H,1-3H3. The smallest absolute Gasteiger partial charge is 0.115 e. The van der Waals surface area contributed by atoms with Crippen LogP contribution in [0.15, 0.2) is 24.3 Å². The highest BCUT2D eigenvalue weighted by molar-refractivity contribution is 5.46. The SMILES string of the molecule is CC(C)C(C)Nc1ccc(O)cc1. The summed E-state index contributed by atoms with van der Waals surface area (Å²) in [7, 11) is 0. The predicted octanol–water partition coefficient (Wildman–Crippen LogP) is 2.85. The van der Waals surface area contributed by atoms with E-state index in [1.807, 2.05) is 12.1 Å². The number of benzene rings is 1. The van der Waals surface area contributed by atoms with E-state index in [4.69, 9.17) is 5.11 Å². The van der Waals surface area contributed by atoms with Crippen molar-refractivity contribution in [1.82, 2.24) is 0 Å². The van der Waals surface area contributed by atoms with Crippen LogP contribution in [0.1, 0.15) is 20.8 Å². The van der Waals surface area contributed by atoms with Crippen molar-refractivity contribution in [2.75, 3.05) is 5.32 Å². The van der Waals surface area contributed by atoms with Gasteiger partial charge in [0.05, 0.1) is 0 Å². The summed E-state index contributed by atoms with van der Waals surface area (Å²) in [5, 5.41) is 12.4.